The van der Waals surface area contributed by atoms with Gasteiger partial charge in [0.1, 0.15) is 5.69 Å². The number of aryl methyl sites for hydroxylation is 1. The Kier molecular flexibility index (Phi) is 4.08. The van der Waals surface area contributed by atoms with Crippen LogP contribution in [0.25, 0.3) is 0 Å². The van der Waals surface area contributed by atoms with E-state index < -0.39 is 0 Å². The number of carbonyl (C=O) groups is 1. The third kappa shape index (κ3) is 3.30. The van der Waals surface area contributed by atoms with Gasteiger partial charge in [-0.3, -0.25) is 4.79 Å². The van der Waals surface area contributed by atoms with Crippen LogP contribution < -0.4 is 5.32 Å². The predicted molar refractivity (Wildman–Crippen MR) is 68.9 cm³/mol. The van der Waals surface area contributed by atoms with E-state index in [4.69, 9.17) is 0 Å². The highest BCUT2D eigenvalue weighted by molar-refractivity contribution is 9.09. The quantitative estimate of drug-likeness (QED) is 0.868. The largest absolute Gasteiger partial charge is 0.345 e. The van der Waals surface area contributed by atoms with E-state index in [1.807, 2.05) is 39.8 Å². The minimum atomic E-state index is -0.303. The summed E-state index contributed by atoms with van der Waals surface area (Å²) in [4.78, 5) is 16.3. The highest BCUT2D eigenvalue weighted by Crippen LogP contribution is 2.17. The van der Waals surface area contributed by atoms with E-state index in [2.05, 4.69) is 26.2 Å². The molecule has 0 fully saturated rings. The Hall–Kier alpha value is -0.900. The van der Waals surface area contributed by atoms with Crippen molar-refractivity contribution in [2.75, 3.05) is 0 Å². The lowest BCUT2D eigenvalue weighted by molar-refractivity contribution is 0.0908. The van der Waals surface area contributed by atoms with Crippen molar-refractivity contribution < 1.29 is 4.79 Å². The Morgan fingerprint density at radius 3 is 2.62 bits per heavy atom. The zero-order valence-electron chi connectivity index (χ0n) is 10.0. The molecule has 4 heteroatoms. The van der Waals surface area contributed by atoms with Crippen molar-refractivity contribution in [1.29, 1.82) is 0 Å². The van der Waals surface area contributed by atoms with Crippen LogP contribution in [-0.2, 0) is 0 Å². The number of hydrogen-bond donors (Lipinski definition) is 1. The first-order valence-corrected chi connectivity index (χ1v) is 6.15. The summed E-state index contributed by atoms with van der Waals surface area (Å²) < 4.78 is 0. The Labute approximate surface area is 105 Å². The minimum Gasteiger partial charge on any atom is -0.345 e. The van der Waals surface area contributed by atoms with Gasteiger partial charge in [0.25, 0.3) is 5.91 Å². The molecular formula is C12H17BrN2O. The molecule has 1 unspecified atom stereocenters. The van der Waals surface area contributed by atoms with Crippen LogP contribution in [0.1, 0.15) is 37.0 Å². The van der Waals surface area contributed by atoms with Gasteiger partial charge in [-0.2, -0.15) is 0 Å². The maximum atomic E-state index is 11.9. The van der Waals surface area contributed by atoms with Crippen LogP contribution in [0.5, 0.6) is 0 Å². The molecule has 0 aliphatic rings. The maximum Gasteiger partial charge on any atom is 0.270 e. The average Bonchev–Trinajstić information content (AvgIpc) is 2.16. The van der Waals surface area contributed by atoms with Gasteiger partial charge in [-0.05, 0) is 32.9 Å². The van der Waals surface area contributed by atoms with Crippen molar-refractivity contribution in [3.63, 3.8) is 0 Å². The van der Waals surface area contributed by atoms with Crippen molar-refractivity contribution in [3.05, 3.63) is 29.6 Å². The maximum absolute atomic E-state index is 11.9. The minimum absolute atomic E-state index is 0.139. The average molecular weight is 285 g/mol. The first-order chi connectivity index (χ1) is 7.33. The van der Waals surface area contributed by atoms with Crippen LogP contribution in [0.2, 0.25) is 0 Å². The molecular weight excluding hydrogens is 268 g/mol. The fourth-order valence-corrected chi connectivity index (χ4v) is 1.24. The SMILES string of the molecule is Cc1cccc(C(=O)NC(C)(C)C(C)Br)n1. The van der Waals surface area contributed by atoms with Crippen molar-refractivity contribution >= 4 is 21.8 Å². The summed E-state index contributed by atoms with van der Waals surface area (Å²) in [5, 5.41) is 2.95. The van der Waals surface area contributed by atoms with E-state index in [9.17, 15) is 4.79 Å². The number of alkyl halides is 1. The molecule has 1 aromatic rings. The Balaban J connectivity index is 2.81. The number of carbonyl (C=O) groups excluding carboxylic acids is 1. The van der Waals surface area contributed by atoms with Gasteiger partial charge in [0, 0.05) is 16.1 Å². The second-order valence-electron chi connectivity index (χ2n) is 4.46. The third-order valence-corrected chi connectivity index (χ3v) is 3.70. The van der Waals surface area contributed by atoms with E-state index >= 15 is 0 Å². The molecule has 1 N–H and O–H groups in total. The van der Waals surface area contributed by atoms with E-state index in [1.54, 1.807) is 6.07 Å². The molecule has 1 rings (SSSR count). The van der Waals surface area contributed by atoms with Gasteiger partial charge in [0.15, 0.2) is 0 Å². The second kappa shape index (κ2) is 4.95. The van der Waals surface area contributed by atoms with Crippen LogP contribution in [0.4, 0.5) is 0 Å². The fraction of sp³-hybridized carbons (Fsp3) is 0.500. The zero-order chi connectivity index (χ0) is 12.3. The van der Waals surface area contributed by atoms with E-state index in [0.717, 1.165) is 5.69 Å². The van der Waals surface area contributed by atoms with Gasteiger partial charge in [0.2, 0.25) is 0 Å². The first kappa shape index (κ1) is 13.2. The molecule has 0 saturated carbocycles. The van der Waals surface area contributed by atoms with Gasteiger partial charge in [-0.15, -0.1) is 0 Å². The van der Waals surface area contributed by atoms with E-state index in [-0.39, 0.29) is 16.3 Å². The zero-order valence-corrected chi connectivity index (χ0v) is 11.6. The van der Waals surface area contributed by atoms with Crippen LogP contribution in [-0.4, -0.2) is 21.3 Å². The van der Waals surface area contributed by atoms with Gasteiger partial charge in [-0.25, -0.2) is 4.98 Å². The summed E-state index contributed by atoms with van der Waals surface area (Å²) in [6.45, 7) is 7.82. The molecule has 0 spiro atoms. The van der Waals surface area contributed by atoms with Crippen molar-refractivity contribution in [2.45, 2.75) is 38.1 Å². The third-order valence-electron chi connectivity index (χ3n) is 2.55. The number of amides is 1. The van der Waals surface area contributed by atoms with Crippen LogP contribution in [0.15, 0.2) is 18.2 Å². The smallest absolute Gasteiger partial charge is 0.270 e. The van der Waals surface area contributed by atoms with Gasteiger partial charge in [0.05, 0.1) is 0 Å². The standard InChI is InChI=1S/C12H17BrN2O/c1-8-6-5-7-10(14-8)11(16)15-12(3,4)9(2)13/h5-7,9H,1-4H3,(H,15,16). The monoisotopic (exact) mass is 284 g/mol. The van der Waals surface area contributed by atoms with Crippen molar-refractivity contribution in [1.82, 2.24) is 10.3 Å². The lowest BCUT2D eigenvalue weighted by Gasteiger charge is -2.29. The number of rotatable bonds is 3. The topological polar surface area (TPSA) is 42.0 Å². The molecule has 0 radical (unpaired) electrons. The Morgan fingerprint density at radius 1 is 1.50 bits per heavy atom. The molecule has 88 valence electrons. The Morgan fingerprint density at radius 2 is 2.12 bits per heavy atom. The molecule has 1 heterocycles. The number of nitrogens with one attached hydrogen (secondary N) is 1. The van der Waals surface area contributed by atoms with Gasteiger partial charge >= 0.3 is 0 Å². The molecule has 0 aliphatic carbocycles. The molecule has 1 aromatic heterocycles. The van der Waals surface area contributed by atoms with E-state index in [0.29, 0.717) is 5.69 Å². The number of pyridine rings is 1. The van der Waals surface area contributed by atoms with Crippen LogP contribution >= 0.6 is 15.9 Å². The molecule has 0 aromatic carbocycles. The lowest BCUT2D eigenvalue weighted by atomic mass is 10.0. The van der Waals surface area contributed by atoms with Crippen LogP contribution in [0, 0.1) is 6.92 Å². The predicted octanol–water partition coefficient (Wildman–Crippen LogP) is 2.68. The lowest BCUT2D eigenvalue weighted by Crippen LogP contribution is -2.49. The van der Waals surface area contributed by atoms with E-state index in [1.165, 1.54) is 0 Å². The first-order valence-electron chi connectivity index (χ1n) is 5.23. The summed E-state index contributed by atoms with van der Waals surface area (Å²) in [5.41, 5.74) is 1.00. The van der Waals surface area contributed by atoms with Crippen LogP contribution in [0.3, 0.4) is 0 Å². The second-order valence-corrected chi connectivity index (χ2v) is 5.83. The van der Waals surface area contributed by atoms with Crippen molar-refractivity contribution in [3.8, 4) is 0 Å². The number of nitrogens with zero attached hydrogens (tertiary/aromatic N) is 1. The number of hydrogen-bond acceptors (Lipinski definition) is 2. The highest BCUT2D eigenvalue weighted by Gasteiger charge is 2.26. The molecule has 0 saturated heterocycles. The molecule has 0 aliphatic heterocycles. The fourth-order valence-electron chi connectivity index (χ4n) is 1.13. The Bertz CT molecular complexity index is 388. The molecule has 0 bridgehead atoms. The summed E-state index contributed by atoms with van der Waals surface area (Å²) in [6, 6.07) is 5.42. The van der Waals surface area contributed by atoms with Gasteiger partial charge in [-0.1, -0.05) is 28.9 Å². The number of halogens is 1. The molecule has 1 amide bonds. The van der Waals surface area contributed by atoms with Gasteiger partial charge < -0.3 is 5.32 Å². The highest BCUT2D eigenvalue weighted by atomic mass is 79.9. The normalized spacial score (nSPS) is 13.3. The summed E-state index contributed by atoms with van der Waals surface area (Å²) in [6.07, 6.45) is 0. The molecule has 3 nitrogen and oxygen atoms in total. The summed E-state index contributed by atoms with van der Waals surface area (Å²) >= 11 is 3.48. The molecule has 1 atom stereocenters. The number of aromatic nitrogens is 1. The molecule has 16 heavy (non-hydrogen) atoms. The summed E-state index contributed by atoms with van der Waals surface area (Å²) in [5.74, 6) is -0.139. The summed E-state index contributed by atoms with van der Waals surface area (Å²) in [7, 11) is 0. The van der Waals surface area contributed by atoms with Crippen molar-refractivity contribution in [2.24, 2.45) is 0 Å².